The maximum absolute atomic E-state index is 13.5. The minimum atomic E-state index is -4.85. The number of nitrogens with one attached hydrogen (secondary N) is 1. The highest BCUT2D eigenvalue weighted by molar-refractivity contribution is 7.86. The Labute approximate surface area is 252 Å². The van der Waals surface area contributed by atoms with Crippen molar-refractivity contribution in [3.63, 3.8) is 0 Å². The number of anilines is 3. The quantitative estimate of drug-likeness (QED) is 0.0556. The smallest absolute Gasteiger partial charge is 0.338 e. The molecular weight excluding hydrogens is 568 g/mol. The molecule has 1 aliphatic rings. The Morgan fingerprint density at radius 3 is 2.00 bits per heavy atom. The van der Waals surface area contributed by atoms with E-state index in [-0.39, 0.29) is 33.5 Å². The number of unbranched alkanes of at least 4 members (excludes halogenated alkanes) is 9. The predicted octanol–water partition coefficient (Wildman–Crippen LogP) is 7.11. The average molecular weight is 607 g/mol. The van der Waals surface area contributed by atoms with E-state index in [2.05, 4.69) is 12.2 Å². The monoisotopic (exact) mass is 606 g/mol. The van der Waals surface area contributed by atoms with E-state index in [1.54, 1.807) is 30.3 Å². The van der Waals surface area contributed by atoms with Crippen LogP contribution in [-0.4, -0.2) is 37.1 Å². The number of esters is 1. The van der Waals surface area contributed by atoms with E-state index in [4.69, 9.17) is 10.5 Å². The van der Waals surface area contributed by atoms with Crippen molar-refractivity contribution in [3.05, 3.63) is 82.4 Å². The number of benzene rings is 3. The first-order valence-electron chi connectivity index (χ1n) is 14.8. The molecule has 0 bridgehead atoms. The molecule has 0 heterocycles. The Kier molecular flexibility index (Phi) is 10.7. The molecule has 0 radical (unpaired) electrons. The van der Waals surface area contributed by atoms with Crippen LogP contribution in [0.4, 0.5) is 17.1 Å². The fourth-order valence-electron chi connectivity index (χ4n) is 5.32. The molecule has 0 fully saturated rings. The Morgan fingerprint density at radius 1 is 0.814 bits per heavy atom. The fourth-order valence-corrected chi connectivity index (χ4v) is 5.97. The van der Waals surface area contributed by atoms with Crippen molar-refractivity contribution in [1.82, 2.24) is 0 Å². The van der Waals surface area contributed by atoms with Gasteiger partial charge in [0, 0.05) is 16.8 Å². The summed E-state index contributed by atoms with van der Waals surface area (Å²) in [7, 11) is -4.85. The highest BCUT2D eigenvalue weighted by Crippen LogP contribution is 2.40. The van der Waals surface area contributed by atoms with Crippen LogP contribution in [0, 0.1) is 0 Å². The summed E-state index contributed by atoms with van der Waals surface area (Å²) < 4.78 is 39.6. The lowest BCUT2D eigenvalue weighted by atomic mass is 9.82. The Morgan fingerprint density at radius 2 is 1.40 bits per heavy atom. The van der Waals surface area contributed by atoms with Crippen LogP contribution in [0.2, 0.25) is 0 Å². The van der Waals surface area contributed by atoms with Gasteiger partial charge >= 0.3 is 5.97 Å². The number of rotatable bonds is 15. The summed E-state index contributed by atoms with van der Waals surface area (Å²) in [6.07, 6.45) is 11.7. The second-order valence-corrected chi connectivity index (χ2v) is 12.2. The molecule has 0 aromatic heterocycles. The van der Waals surface area contributed by atoms with Crippen LogP contribution in [0.3, 0.4) is 0 Å². The van der Waals surface area contributed by atoms with Gasteiger partial charge < -0.3 is 15.8 Å². The largest absolute Gasteiger partial charge is 0.462 e. The lowest BCUT2D eigenvalue weighted by Crippen LogP contribution is -2.25. The van der Waals surface area contributed by atoms with Crippen LogP contribution in [0.25, 0.3) is 0 Å². The van der Waals surface area contributed by atoms with Gasteiger partial charge in [0.05, 0.1) is 34.7 Å². The first-order valence-corrected chi connectivity index (χ1v) is 16.2. The molecular formula is C33H38N2O7S. The molecule has 4 rings (SSSR count). The van der Waals surface area contributed by atoms with Crippen molar-refractivity contribution >= 4 is 44.7 Å². The Balaban J connectivity index is 1.45. The van der Waals surface area contributed by atoms with Gasteiger partial charge in [-0.3, -0.25) is 14.1 Å². The van der Waals surface area contributed by atoms with Gasteiger partial charge in [0.15, 0.2) is 11.6 Å². The van der Waals surface area contributed by atoms with E-state index in [0.717, 1.165) is 25.3 Å². The molecule has 228 valence electrons. The van der Waals surface area contributed by atoms with Crippen LogP contribution in [0.15, 0.2) is 59.5 Å². The molecule has 0 spiro atoms. The number of fused-ring (bicyclic) bond motifs is 2. The van der Waals surface area contributed by atoms with Gasteiger partial charge in [0.1, 0.15) is 4.90 Å². The minimum absolute atomic E-state index is 0.0550. The summed E-state index contributed by atoms with van der Waals surface area (Å²) in [5.74, 6) is -1.69. The van der Waals surface area contributed by atoms with Gasteiger partial charge in [-0.05, 0) is 30.7 Å². The first-order chi connectivity index (χ1) is 20.6. The van der Waals surface area contributed by atoms with Gasteiger partial charge in [-0.2, -0.15) is 8.42 Å². The summed E-state index contributed by atoms with van der Waals surface area (Å²) >= 11 is 0. The number of hydrogen-bond donors (Lipinski definition) is 3. The molecule has 0 unspecified atom stereocenters. The summed E-state index contributed by atoms with van der Waals surface area (Å²) in [5.41, 5.74) is 5.85. The maximum atomic E-state index is 13.5. The van der Waals surface area contributed by atoms with E-state index in [1.807, 2.05) is 0 Å². The molecule has 10 heteroatoms. The number of carbonyl (C=O) groups is 3. The number of ether oxygens (including phenoxy) is 1. The summed E-state index contributed by atoms with van der Waals surface area (Å²) in [6.45, 7) is 2.51. The summed E-state index contributed by atoms with van der Waals surface area (Å²) in [4.78, 5) is 38.9. The number of nitrogens with two attached hydrogens (primary N) is 1. The van der Waals surface area contributed by atoms with Crippen LogP contribution in [0.1, 0.15) is 113 Å². The second kappa shape index (κ2) is 14.4. The SMILES string of the molecule is CCCCCCCCCCCCOC(=O)c1cccc(Nc2cc(S(=O)(=O)O)c(N)c3c2C(=O)c2ccccc2C3=O)c1. The average Bonchev–Trinajstić information content (AvgIpc) is 2.98. The molecule has 0 amide bonds. The minimum Gasteiger partial charge on any atom is -0.462 e. The van der Waals surface area contributed by atoms with Gasteiger partial charge in [-0.15, -0.1) is 0 Å². The van der Waals surface area contributed by atoms with Gasteiger partial charge in [0.2, 0.25) is 0 Å². The third-order valence-corrected chi connectivity index (χ3v) is 8.48. The zero-order valence-electron chi connectivity index (χ0n) is 24.4. The third-order valence-electron chi connectivity index (χ3n) is 7.59. The molecule has 9 nitrogen and oxygen atoms in total. The molecule has 3 aromatic rings. The second-order valence-electron chi connectivity index (χ2n) is 10.8. The normalized spacial score (nSPS) is 12.5. The Hall–Kier alpha value is -4.02. The van der Waals surface area contributed by atoms with Crippen molar-refractivity contribution in [2.24, 2.45) is 0 Å². The van der Waals surface area contributed by atoms with Crippen molar-refractivity contribution in [1.29, 1.82) is 0 Å². The molecule has 0 aliphatic heterocycles. The lowest BCUT2D eigenvalue weighted by molar-refractivity contribution is 0.0497. The standard InChI is InChI=1S/C33H38N2O7S/c1-2-3-4-5-6-7-8-9-10-13-19-42-33(38)22-15-14-16-23(20-22)35-26-21-27(43(39,40)41)30(34)29-28(26)31(36)24-17-11-12-18-25(24)32(29)37/h11-12,14-18,20-21,35H,2-10,13,19,34H2,1H3,(H,39,40,41). The molecule has 0 saturated heterocycles. The van der Waals surface area contributed by atoms with Crippen LogP contribution >= 0.6 is 0 Å². The van der Waals surface area contributed by atoms with E-state index in [0.29, 0.717) is 12.3 Å². The van der Waals surface area contributed by atoms with Crippen LogP contribution < -0.4 is 11.1 Å². The highest BCUT2D eigenvalue weighted by atomic mass is 32.2. The predicted molar refractivity (Wildman–Crippen MR) is 166 cm³/mol. The van der Waals surface area contributed by atoms with E-state index >= 15 is 0 Å². The number of ketones is 2. The van der Waals surface area contributed by atoms with E-state index in [9.17, 15) is 27.4 Å². The molecule has 43 heavy (non-hydrogen) atoms. The molecule has 3 aromatic carbocycles. The van der Waals surface area contributed by atoms with Crippen molar-refractivity contribution < 1.29 is 32.1 Å². The first kappa shape index (κ1) is 31.9. The van der Waals surface area contributed by atoms with Gasteiger partial charge in [0.25, 0.3) is 10.1 Å². The topological polar surface area (TPSA) is 153 Å². The molecule has 0 atom stereocenters. The van der Waals surface area contributed by atoms with E-state index in [1.165, 1.54) is 63.1 Å². The number of nitrogen functional groups attached to an aromatic ring is 1. The molecule has 0 saturated carbocycles. The van der Waals surface area contributed by atoms with Gasteiger partial charge in [-0.25, -0.2) is 4.79 Å². The third kappa shape index (κ3) is 7.69. The maximum Gasteiger partial charge on any atom is 0.338 e. The van der Waals surface area contributed by atoms with Crippen molar-refractivity contribution in [2.45, 2.75) is 76.0 Å². The van der Waals surface area contributed by atoms with Gasteiger partial charge in [-0.1, -0.05) is 95.0 Å². The zero-order valence-corrected chi connectivity index (χ0v) is 25.2. The highest BCUT2D eigenvalue weighted by Gasteiger charge is 2.36. The van der Waals surface area contributed by atoms with Crippen LogP contribution in [-0.2, 0) is 14.9 Å². The lowest BCUT2D eigenvalue weighted by Gasteiger charge is -2.23. The Bertz CT molecular complexity index is 1620. The molecule has 4 N–H and O–H groups in total. The van der Waals surface area contributed by atoms with Crippen molar-refractivity contribution in [3.8, 4) is 0 Å². The van der Waals surface area contributed by atoms with Crippen LogP contribution in [0.5, 0.6) is 0 Å². The summed E-state index contributed by atoms with van der Waals surface area (Å²) in [5, 5.41) is 2.95. The number of hydrogen-bond acceptors (Lipinski definition) is 8. The molecule has 1 aliphatic carbocycles. The number of carbonyl (C=O) groups excluding carboxylic acids is 3. The fraction of sp³-hybridized carbons (Fsp3) is 0.364. The summed E-state index contributed by atoms with van der Waals surface area (Å²) in [6, 6.07) is 13.5. The zero-order chi connectivity index (χ0) is 31.0. The van der Waals surface area contributed by atoms with Crippen molar-refractivity contribution in [2.75, 3.05) is 17.7 Å². The van der Waals surface area contributed by atoms with E-state index < -0.39 is 38.2 Å².